The van der Waals surface area contributed by atoms with Crippen LogP contribution in [0, 0.1) is 11.3 Å². The molecule has 0 spiro atoms. The summed E-state index contributed by atoms with van der Waals surface area (Å²) < 4.78 is 10.7. The van der Waals surface area contributed by atoms with Gasteiger partial charge >= 0.3 is 0 Å². The van der Waals surface area contributed by atoms with E-state index in [4.69, 9.17) is 9.47 Å². The Balaban J connectivity index is 0.000000380. The SMILES string of the molecule is CC(C)Oc1ccc(/C(C#N)=C/c2cccc(NC=O)c2)c(N(C)C)c1.COCCc1ccccc1. The summed E-state index contributed by atoms with van der Waals surface area (Å²) >= 11 is 0. The molecule has 188 valence electrons. The first-order chi connectivity index (χ1) is 17.4. The molecule has 6 heteroatoms. The fraction of sp³-hybridized carbons (Fsp3) is 0.267. The summed E-state index contributed by atoms with van der Waals surface area (Å²) in [5, 5.41) is 12.3. The first kappa shape index (κ1) is 28.2. The maximum absolute atomic E-state index is 10.6. The van der Waals surface area contributed by atoms with Crippen molar-refractivity contribution in [3.05, 3.63) is 89.5 Å². The molecule has 1 N–H and O–H groups in total. The number of ether oxygens (including phenoxy) is 2. The number of methoxy groups -OCH3 is 1. The third-order valence-corrected chi connectivity index (χ3v) is 5.09. The third-order valence-electron chi connectivity index (χ3n) is 5.09. The van der Waals surface area contributed by atoms with E-state index in [1.54, 1.807) is 19.3 Å². The van der Waals surface area contributed by atoms with Crippen LogP contribution in [0.2, 0.25) is 0 Å². The maximum Gasteiger partial charge on any atom is 0.211 e. The molecule has 0 aliphatic carbocycles. The summed E-state index contributed by atoms with van der Waals surface area (Å²) in [7, 11) is 5.59. The lowest BCUT2D eigenvalue weighted by atomic mass is 10.0. The van der Waals surface area contributed by atoms with Gasteiger partial charge in [0.25, 0.3) is 0 Å². The van der Waals surface area contributed by atoms with E-state index in [-0.39, 0.29) is 6.10 Å². The normalized spacial score (nSPS) is 10.6. The second-order valence-electron chi connectivity index (χ2n) is 8.53. The van der Waals surface area contributed by atoms with Gasteiger partial charge in [-0.15, -0.1) is 0 Å². The number of benzene rings is 3. The lowest BCUT2D eigenvalue weighted by Gasteiger charge is -2.19. The van der Waals surface area contributed by atoms with E-state index in [0.29, 0.717) is 17.7 Å². The number of anilines is 2. The van der Waals surface area contributed by atoms with Crippen LogP contribution >= 0.6 is 0 Å². The first-order valence-electron chi connectivity index (χ1n) is 11.8. The number of amides is 1. The lowest BCUT2D eigenvalue weighted by Crippen LogP contribution is -2.12. The molecule has 0 atom stereocenters. The molecular weight excluding hydrogens is 450 g/mol. The van der Waals surface area contributed by atoms with Crippen LogP contribution in [0.15, 0.2) is 72.8 Å². The van der Waals surface area contributed by atoms with Gasteiger partial charge in [0.05, 0.1) is 24.4 Å². The molecule has 0 saturated carbocycles. The molecule has 0 unspecified atom stereocenters. The smallest absolute Gasteiger partial charge is 0.211 e. The van der Waals surface area contributed by atoms with Gasteiger partial charge in [-0.2, -0.15) is 5.26 Å². The second-order valence-corrected chi connectivity index (χ2v) is 8.53. The average molecular weight is 486 g/mol. The van der Waals surface area contributed by atoms with Crippen LogP contribution in [0.5, 0.6) is 5.75 Å². The van der Waals surface area contributed by atoms with Crippen LogP contribution in [-0.2, 0) is 16.0 Å². The second kappa shape index (κ2) is 15.0. The monoisotopic (exact) mass is 485 g/mol. The molecule has 3 aromatic rings. The van der Waals surface area contributed by atoms with Gasteiger partial charge < -0.3 is 19.7 Å². The Labute approximate surface area is 214 Å². The Hall–Kier alpha value is -4.08. The van der Waals surface area contributed by atoms with Crippen molar-refractivity contribution in [1.82, 2.24) is 0 Å². The summed E-state index contributed by atoms with van der Waals surface area (Å²) in [4.78, 5) is 12.6. The predicted molar refractivity (Wildman–Crippen MR) is 148 cm³/mol. The fourth-order valence-electron chi connectivity index (χ4n) is 3.44. The van der Waals surface area contributed by atoms with E-state index < -0.39 is 0 Å². The Kier molecular flexibility index (Phi) is 11.8. The molecule has 0 bridgehead atoms. The van der Waals surface area contributed by atoms with E-state index in [0.717, 1.165) is 35.6 Å². The van der Waals surface area contributed by atoms with Crippen LogP contribution in [0.3, 0.4) is 0 Å². The molecular formula is C30H35N3O3. The molecule has 36 heavy (non-hydrogen) atoms. The van der Waals surface area contributed by atoms with Gasteiger partial charge in [-0.05, 0) is 61.7 Å². The van der Waals surface area contributed by atoms with Gasteiger partial charge in [-0.25, -0.2) is 0 Å². The molecule has 0 aliphatic heterocycles. The van der Waals surface area contributed by atoms with Crippen molar-refractivity contribution in [2.24, 2.45) is 0 Å². The number of carbonyl (C=O) groups is 1. The van der Waals surface area contributed by atoms with E-state index in [9.17, 15) is 10.1 Å². The molecule has 3 aromatic carbocycles. The molecule has 0 heterocycles. The standard InChI is InChI=1S/C21H23N3O2.C9H12O/c1-15(2)26-19-8-9-20(21(12-19)24(3)4)17(13-22)10-16-6-5-7-18(11-16)23-14-25;1-10-8-7-9-5-3-2-4-6-9/h5-12,14-15H,1-4H3,(H,23,25);2-6H,7-8H2,1H3/b17-10+;. The summed E-state index contributed by atoms with van der Waals surface area (Å²) in [5.74, 6) is 0.766. The highest BCUT2D eigenvalue weighted by Gasteiger charge is 2.12. The van der Waals surface area contributed by atoms with Crippen molar-refractivity contribution in [1.29, 1.82) is 5.26 Å². The average Bonchev–Trinajstić information content (AvgIpc) is 2.87. The van der Waals surface area contributed by atoms with Gasteiger partial charge in [0.1, 0.15) is 5.75 Å². The van der Waals surface area contributed by atoms with Gasteiger partial charge in [-0.3, -0.25) is 4.79 Å². The topological polar surface area (TPSA) is 74.6 Å². The number of rotatable bonds is 10. The highest BCUT2D eigenvalue weighted by Crippen LogP contribution is 2.31. The molecule has 0 aromatic heterocycles. The van der Waals surface area contributed by atoms with Crippen LogP contribution in [-0.4, -0.2) is 40.3 Å². The molecule has 0 aliphatic rings. The Morgan fingerprint density at radius 1 is 1.06 bits per heavy atom. The number of carbonyl (C=O) groups excluding carboxylic acids is 1. The summed E-state index contributed by atoms with van der Waals surface area (Å²) in [5.41, 5.74) is 5.11. The molecule has 0 fully saturated rings. The molecule has 6 nitrogen and oxygen atoms in total. The number of allylic oxidation sites excluding steroid dienone is 1. The Morgan fingerprint density at radius 2 is 1.81 bits per heavy atom. The number of hydrogen-bond acceptors (Lipinski definition) is 5. The third kappa shape index (κ3) is 9.28. The molecule has 3 rings (SSSR count). The van der Waals surface area contributed by atoms with E-state index in [1.165, 1.54) is 5.56 Å². The zero-order valence-electron chi connectivity index (χ0n) is 21.7. The van der Waals surface area contributed by atoms with E-state index >= 15 is 0 Å². The van der Waals surface area contributed by atoms with Gasteiger partial charge in [0, 0.05) is 44.2 Å². The zero-order valence-corrected chi connectivity index (χ0v) is 21.7. The van der Waals surface area contributed by atoms with Crippen molar-refractivity contribution in [2.45, 2.75) is 26.4 Å². The minimum Gasteiger partial charge on any atom is -0.491 e. The van der Waals surface area contributed by atoms with E-state index in [2.05, 4.69) is 23.5 Å². The number of nitriles is 1. The van der Waals surface area contributed by atoms with Crippen LogP contribution in [0.25, 0.3) is 11.6 Å². The maximum atomic E-state index is 10.6. The van der Waals surface area contributed by atoms with Crippen LogP contribution in [0.1, 0.15) is 30.5 Å². The number of nitrogens with zero attached hydrogens (tertiary/aromatic N) is 2. The van der Waals surface area contributed by atoms with Gasteiger partial charge in [-0.1, -0.05) is 42.5 Å². The van der Waals surface area contributed by atoms with Crippen molar-refractivity contribution in [3.8, 4) is 11.8 Å². The van der Waals surface area contributed by atoms with Gasteiger partial charge in [0.15, 0.2) is 0 Å². The highest BCUT2D eigenvalue weighted by molar-refractivity contribution is 5.94. The predicted octanol–water partition coefficient (Wildman–Crippen LogP) is 6.05. The number of hydrogen-bond donors (Lipinski definition) is 1. The molecule has 1 amide bonds. The van der Waals surface area contributed by atoms with Crippen molar-refractivity contribution in [3.63, 3.8) is 0 Å². The van der Waals surface area contributed by atoms with E-state index in [1.807, 2.05) is 87.4 Å². The first-order valence-corrected chi connectivity index (χ1v) is 11.8. The van der Waals surface area contributed by atoms with Crippen molar-refractivity contribution in [2.75, 3.05) is 38.0 Å². The Bertz CT molecular complexity index is 1170. The molecule has 0 radical (unpaired) electrons. The van der Waals surface area contributed by atoms with Crippen molar-refractivity contribution < 1.29 is 14.3 Å². The minimum atomic E-state index is 0.0786. The quantitative estimate of drug-likeness (QED) is 0.215. The Morgan fingerprint density at radius 3 is 2.42 bits per heavy atom. The largest absolute Gasteiger partial charge is 0.491 e. The highest BCUT2D eigenvalue weighted by atomic mass is 16.5. The summed E-state index contributed by atoms with van der Waals surface area (Å²) in [6, 6.07) is 25.7. The lowest BCUT2D eigenvalue weighted by molar-refractivity contribution is -0.105. The number of nitrogens with one attached hydrogen (secondary N) is 1. The van der Waals surface area contributed by atoms with Gasteiger partial charge in [0.2, 0.25) is 6.41 Å². The van der Waals surface area contributed by atoms with Crippen molar-refractivity contribution >= 4 is 29.4 Å². The zero-order chi connectivity index (χ0) is 26.3. The van der Waals surface area contributed by atoms with Crippen LogP contribution < -0.4 is 15.0 Å². The summed E-state index contributed by atoms with van der Waals surface area (Å²) in [6.45, 7) is 4.76. The minimum absolute atomic E-state index is 0.0786. The molecule has 0 saturated heterocycles. The fourth-order valence-corrected chi connectivity index (χ4v) is 3.44. The summed E-state index contributed by atoms with van der Waals surface area (Å²) in [6.07, 6.45) is 3.53. The van der Waals surface area contributed by atoms with Crippen LogP contribution in [0.4, 0.5) is 11.4 Å².